The van der Waals surface area contributed by atoms with Gasteiger partial charge in [-0.25, -0.2) is 9.48 Å². The lowest BCUT2D eigenvalue weighted by molar-refractivity contribution is -0.116. The van der Waals surface area contributed by atoms with Gasteiger partial charge in [-0.2, -0.15) is 5.10 Å². The summed E-state index contributed by atoms with van der Waals surface area (Å²) in [7, 11) is 0. The molecule has 6 nitrogen and oxygen atoms in total. The number of nitrogens with one attached hydrogen (secondary N) is 1. The highest BCUT2D eigenvalue weighted by molar-refractivity contribution is 6.30. The minimum atomic E-state index is -1.13. The smallest absolute Gasteiger partial charge is 0.354 e. The third kappa shape index (κ3) is 3.32. The molecule has 19 heavy (non-hydrogen) atoms. The van der Waals surface area contributed by atoms with Gasteiger partial charge in [0.15, 0.2) is 0 Å². The first-order valence-corrected chi connectivity index (χ1v) is 5.74. The summed E-state index contributed by atoms with van der Waals surface area (Å²) in [5.41, 5.74) is 0.546. The topological polar surface area (TPSA) is 84.2 Å². The third-order valence-electron chi connectivity index (χ3n) is 2.36. The van der Waals surface area contributed by atoms with Crippen molar-refractivity contribution in [2.75, 3.05) is 5.32 Å². The number of benzene rings is 1. The summed E-state index contributed by atoms with van der Waals surface area (Å²) in [5, 5.41) is 15.9. The van der Waals surface area contributed by atoms with E-state index in [1.807, 2.05) is 0 Å². The predicted octanol–water partition coefficient (Wildman–Crippen LogP) is 1.87. The Morgan fingerprint density at radius 2 is 1.95 bits per heavy atom. The van der Waals surface area contributed by atoms with Crippen LogP contribution in [0.4, 0.5) is 5.69 Å². The Bertz CT molecular complexity index is 607. The number of rotatable bonds is 4. The second-order valence-corrected chi connectivity index (χ2v) is 4.17. The Labute approximate surface area is 113 Å². The van der Waals surface area contributed by atoms with E-state index in [0.717, 1.165) is 4.68 Å². The van der Waals surface area contributed by atoms with Gasteiger partial charge in [-0.15, -0.1) is 0 Å². The molecule has 0 aliphatic rings. The molecule has 0 saturated heterocycles. The number of carboxylic acids is 1. The summed E-state index contributed by atoms with van der Waals surface area (Å²) in [6.45, 7) is -0.169. The first kappa shape index (κ1) is 13.1. The van der Waals surface area contributed by atoms with Gasteiger partial charge in [0.2, 0.25) is 5.91 Å². The zero-order valence-corrected chi connectivity index (χ0v) is 10.5. The number of aromatic nitrogens is 2. The van der Waals surface area contributed by atoms with Crippen LogP contribution in [0.15, 0.2) is 36.5 Å². The molecule has 98 valence electrons. The quantitative estimate of drug-likeness (QED) is 0.895. The highest BCUT2D eigenvalue weighted by atomic mass is 35.5. The molecule has 2 N–H and O–H groups in total. The minimum absolute atomic E-state index is 0.0359. The lowest BCUT2D eigenvalue weighted by Crippen LogP contribution is -2.22. The van der Waals surface area contributed by atoms with Gasteiger partial charge in [-0.1, -0.05) is 11.6 Å². The van der Waals surface area contributed by atoms with Crippen molar-refractivity contribution in [1.29, 1.82) is 0 Å². The van der Waals surface area contributed by atoms with E-state index >= 15 is 0 Å². The van der Waals surface area contributed by atoms with E-state index in [1.54, 1.807) is 24.3 Å². The Hall–Kier alpha value is -2.34. The van der Waals surface area contributed by atoms with Crippen LogP contribution >= 0.6 is 11.6 Å². The van der Waals surface area contributed by atoms with Crippen LogP contribution in [0.5, 0.6) is 0 Å². The maximum absolute atomic E-state index is 11.7. The molecule has 1 aromatic carbocycles. The average Bonchev–Trinajstić information content (AvgIpc) is 2.80. The number of hydrogen-bond donors (Lipinski definition) is 2. The molecule has 7 heteroatoms. The van der Waals surface area contributed by atoms with Crippen LogP contribution in [0.1, 0.15) is 10.5 Å². The number of aromatic carboxylic acids is 1. The number of hydrogen-bond acceptors (Lipinski definition) is 3. The summed E-state index contributed by atoms with van der Waals surface area (Å²) in [6.07, 6.45) is 1.33. The fourth-order valence-corrected chi connectivity index (χ4v) is 1.64. The largest absolute Gasteiger partial charge is 0.477 e. The molecule has 0 aliphatic carbocycles. The summed E-state index contributed by atoms with van der Waals surface area (Å²) in [5.74, 6) is -1.50. The van der Waals surface area contributed by atoms with Crippen LogP contribution in [-0.2, 0) is 11.3 Å². The normalized spacial score (nSPS) is 10.2. The number of carbonyl (C=O) groups excluding carboxylic acids is 1. The van der Waals surface area contributed by atoms with Crippen LogP contribution in [0, 0.1) is 0 Å². The molecule has 0 saturated carbocycles. The van der Waals surface area contributed by atoms with Gasteiger partial charge < -0.3 is 10.4 Å². The van der Waals surface area contributed by atoms with E-state index < -0.39 is 5.97 Å². The van der Waals surface area contributed by atoms with Crippen molar-refractivity contribution in [3.8, 4) is 0 Å². The lowest BCUT2D eigenvalue weighted by Gasteiger charge is -2.06. The maximum Gasteiger partial charge on any atom is 0.354 e. The first-order chi connectivity index (χ1) is 9.06. The molecule has 1 heterocycles. The van der Waals surface area contributed by atoms with Crippen LogP contribution in [0.2, 0.25) is 5.02 Å². The van der Waals surface area contributed by atoms with Crippen LogP contribution < -0.4 is 5.32 Å². The van der Waals surface area contributed by atoms with Gasteiger partial charge in [-0.3, -0.25) is 4.79 Å². The average molecular weight is 280 g/mol. The van der Waals surface area contributed by atoms with Crippen molar-refractivity contribution < 1.29 is 14.7 Å². The second-order valence-electron chi connectivity index (χ2n) is 3.73. The number of anilines is 1. The number of amides is 1. The summed E-state index contributed by atoms with van der Waals surface area (Å²) in [6, 6.07) is 7.93. The van der Waals surface area contributed by atoms with E-state index in [2.05, 4.69) is 10.4 Å². The molecule has 0 atom stereocenters. The lowest BCUT2D eigenvalue weighted by atomic mass is 10.3. The van der Waals surface area contributed by atoms with E-state index in [0.29, 0.717) is 10.7 Å². The SMILES string of the molecule is O=C(Cn1nccc1C(=O)O)Nc1ccc(Cl)cc1. The third-order valence-corrected chi connectivity index (χ3v) is 2.61. The monoisotopic (exact) mass is 279 g/mol. The highest BCUT2D eigenvalue weighted by Crippen LogP contribution is 2.13. The zero-order chi connectivity index (χ0) is 13.8. The van der Waals surface area contributed by atoms with Gasteiger partial charge >= 0.3 is 5.97 Å². The van der Waals surface area contributed by atoms with Crippen LogP contribution in [0.3, 0.4) is 0 Å². The van der Waals surface area contributed by atoms with E-state index in [9.17, 15) is 9.59 Å². The van der Waals surface area contributed by atoms with Gasteiger partial charge in [0.05, 0.1) is 0 Å². The van der Waals surface area contributed by atoms with Gasteiger partial charge in [0.25, 0.3) is 0 Å². The summed E-state index contributed by atoms with van der Waals surface area (Å²) in [4.78, 5) is 22.6. The molecule has 2 aromatic rings. The number of carboxylic acid groups (broad SMARTS) is 1. The standard InChI is InChI=1S/C12H10ClN3O3/c13-8-1-3-9(4-2-8)15-11(17)7-16-10(12(18)19)5-6-14-16/h1-6H,7H2,(H,15,17)(H,18,19). The molecule has 0 spiro atoms. The Morgan fingerprint density at radius 3 is 2.58 bits per heavy atom. The van der Waals surface area contributed by atoms with E-state index in [-0.39, 0.29) is 18.1 Å². The molecule has 0 aliphatic heterocycles. The molecular formula is C12H10ClN3O3. The number of nitrogens with zero attached hydrogens (tertiary/aromatic N) is 2. The molecule has 0 unspecified atom stereocenters. The van der Waals surface area contributed by atoms with Crippen molar-refractivity contribution in [2.45, 2.75) is 6.54 Å². The molecule has 0 fully saturated rings. The molecule has 0 bridgehead atoms. The first-order valence-electron chi connectivity index (χ1n) is 5.37. The minimum Gasteiger partial charge on any atom is -0.477 e. The van der Waals surface area contributed by atoms with Gasteiger partial charge in [0.1, 0.15) is 12.2 Å². The molecule has 1 amide bonds. The molecule has 0 radical (unpaired) electrons. The van der Waals surface area contributed by atoms with Crippen molar-refractivity contribution in [1.82, 2.24) is 9.78 Å². The second kappa shape index (κ2) is 5.53. The summed E-state index contributed by atoms with van der Waals surface area (Å²) < 4.78 is 1.12. The van der Waals surface area contributed by atoms with Crippen molar-refractivity contribution >= 4 is 29.2 Å². The maximum atomic E-state index is 11.7. The van der Waals surface area contributed by atoms with E-state index in [1.165, 1.54) is 12.3 Å². The number of carbonyl (C=O) groups is 2. The number of halogens is 1. The Morgan fingerprint density at radius 1 is 1.26 bits per heavy atom. The highest BCUT2D eigenvalue weighted by Gasteiger charge is 2.13. The fourth-order valence-electron chi connectivity index (χ4n) is 1.51. The predicted molar refractivity (Wildman–Crippen MR) is 69.3 cm³/mol. The molecular weight excluding hydrogens is 270 g/mol. The molecule has 2 rings (SSSR count). The van der Waals surface area contributed by atoms with Crippen LogP contribution in [-0.4, -0.2) is 26.8 Å². The fraction of sp³-hybridized carbons (Fsp3) is 0.0833. The summed E-state index contributed by atoms with van der Waals surface area (Å²) >= 11 is 5.73. The van der Waals surface area contributed by atoms with Gasteiger partial charge in [0, 0.05) is 16.9 Å². The van der Waals surface area contributed by atoms with Gasteiger partial charge in [-0.05, 0) is 30.3 Å². The van der Waals surface area contributed by atoms with E-state index in [4.69, 9.17) is 16.7 Å². The van der Waals surface area contributed by atoms with Crippen molar-refractivity contribution in [2.24, 2.45) is 0 Å². The van der Waals surface area contributed by atoms with Crippen molar-refractivity contribution in [3.63, 3.8) is 0 Å². The molecule has 1 aromatic heterocycles. The van der Waals surface area contributed by atoms with Crippen LogP contribution in [0.25, 0.3) is 0 Å². The Kier molecular flexibility index (Phi) is 3.82. The Balaban J connectivity index is 2.03. The van der Waals surface area contributed by atoms with Crippen molar-refractivity contribution in [3.05, 3.63) is 47.2 Å². The zero-order valence-electron chi connectivity index (χ0n) is 9.71.